The standard InChI is InChI=1S/C14H24N2O2/c1-12(2)9-15-10-13-5-4-6-14(16-13)11-18-8-7-17-3/h4-6,12,15H,7-11H2,1-3H3. The average Bonchev–Trinajstić information content (AvgIpc) is 2.35. The third-order valence-electron chi connectivity index (χ3n) is 2.40. The fourth-order valence-corrected chi connectivity index (χ4v) is 1.52. The van der Waals surface area contributed by atoms with Crippen molar-refractivity contribution in [3.05, 3.63) is 29.6 Å². The van der Waals surface area contributed by atoms with Crippen LogP contribution in [0.15, 0.2) is 18.2 Å². The van der Waals surface area contributed by atoms with E-state index >= 15 is 0 Å². The Balaban J connectivity index is 2.32. The predicted octanol–water partition coefficient (Wildman–Crippen LogP) is 1.99. The van der Waals surface area contributed by atoms with Gasteiger partial charge in [0.1, 0.15) is 0 Å². The first-order chi connectivity index (χ1) is 8.72. The van der Waals surface area contributed by atoms with Crippen LogP contribution >= 0.6 is 0 Å². The molecule has 102 valence electrons. The maximum Gasteiger partial charge on any atom is 0.0889 e. The summed E-state index contributed by atoms with van der Waals surface area (Å²) in [6, 6.07) is 6.04. The van der Waals surface area contributed by atoms with Gasteiger partial charge >= 0.3 is 0 Å². The van der Waals surface area contributed by atoms with E-state index in [1.165, 1.54) is 0 Å². The van der Waals surface area contributed by atoms with Crippen molar-refractivity contribution in [3.8, 4) is 0 Å². The number of nitrogens with zero attached hydrogens (tertiary/aromatic N) is 1. The summed E-state index contributed by atoms with van der Waals surface area (Å²) < 4.78 is 10.4. The summed E-state index contributed by atoms with van der Waals surface area (Å²) in [7, 11) is 1.67. The van der Waals surface area contributed by atoms with Crippen molar-refractivity contribution in [2.45, 2.75) is 27.0 Å². The molecule has 0 aliphatic rings. The molecule has 0 fully saturated rings. The maximum atomic E-state index is 5.45. The Morgan fingerprint density at radius 2 is 2.00 bits per heavy atom. The second-order valence-electron chi connectivity index (χ2n) is 4.69. The van der Waals surface area contributed by atoms with Gasteiger partial charge in [-0.1, -0.05) is 19.9 Å². The molecule has 0 unspecified atom stereocenters. The highest BCUT2D eigenvalue weighted by Crippen LogP contribution is 2.01. The number of methoxy groups -OCH3 is 1. The molecule has 4 heteroatoms. The highest BCUT2D eigenvalue weighted by Gasteiger charge is 1.99. The second-order valence-corrected chi connectivity index (χ2v) is 4.69. The van der Waals surface area contributed by atoms with Crippen molar-refractivity contribution in [1.82, 2.24) is 10.3 Å². The van der Waals surface area contributed by atoms with E-state index in [0.717, 1.165) is 24.5 Å². The van der Waals surface area contributed by atoms with Crippen LogP contribution in [-0.4, -0.2) is 31.9 Å². The average molecular weight is 252 g/mol. The van der Waals surface area contributed by atoms with Crippen LogP contribution in [0.25, 0.3) is 0 Å². The summed E-state index contributed by atoms with van der Waals surface area (Å²) in [5.74, 6) is 0.658. The van der Waals surface area contributed by atoms with E-state index in [-0.39, 0.29) is 0 Å². The van der Waals surface area contributed by atoms with Gasteiger partial charge < -0.3 is 14.8 Å². The van der Waals surface area contributed by atoms with Crippen molar-refractivity contribution in [3.63, 3.8) is 0 Å². The summed E-state index contributed by atoms with van der Waals surface area (Å²) in [6.45, 7) is 7.98. The molecule has 1 aromatic rings. The lowest BCUT2D eigenvalue weighted by atomic mass is 10.2. The molecule has 0 amide bonds. The zero-order valence-corrected chi connectivity index (χ0v) is 11.6. The van der Waals surface area contributed by atoms with Crippen molar-refractivity contribution >= 4 is 0 Å². The van der Waals surface area contributed by atoms with Gasteiger partial charge in [0.15, 0.2) is 0 Å². The number of aromatic nitrogens is 1. The van der Waals surface area contributed by atoms with Crippen molar-refractivity contribution in [2.24, 2.45) is 5.92 Å². The van der Waals surface area contributed by atoms with Gasteiger partial charge in [-0.25, -0.2) is 0 Å². The number of nitrogens with one attached hydrogen (secondary N) is 1. The van der Waals surface area contributed by atoms with E-state index in [0.29, 0.717) is 25.7 Å². The van der Waals surface area contributed by atoms with Gasteiger partial charge in [0.25, 0.3) is 0 Å². The normalized spacial score (nSPS) is 11.1. The lowest BCUT2D eigenvalue weighted by molar-refractivity contribution is 0.0601. The van der Waals surface area contributed by atoms with E-state index in [4.69, 9.17) is 9.47 Å². The highest BCUT2D eigenvalue weighted by atomic mass is 16.5. The summed E-state index contributed by atoms with van der Waals surface area (Å²) in [5, 5.41) is 3.38. The molecule has 0 saturated heterocycles. The van der Waals surface area contributed by atoms with Crippen LogP contribution in [0, 0.1) is 5.92 Å². The molecule has 0 radical (unpaired) electrons. The molecular weight excluding hydrogens is 228 g/mol. The second kappa shape index (κ2) is 9.03. The fraction of sp³-hybridized carbons (Fsp3) is 0.643. The van der Waals surface area contributed by atoms with Crippen LogP contribution in [0.1, 0.15) is 25.2 Å². The minimum Gasteiger partial charge on any atom is -0.382 e. The Morgan fingerprint density at radius 3 is 2.72 bits per heavy atom. The molecule has 1 heterocycles. The molecule has 18 heavy (non-hydrogen) atoms. The van der Waals surface area contributed by atoms with Gasteiger partial charge in [-0.3, -0.25) is 4.98 Å². The first-order valence-electron chi connectivity index (χ1n) is 6.44. The minimum absolute atomic E-state index is 0.543. The molecule has 0 aliphatic carbocycles. The van der Waals surface area contributed by atoms with Crippen LogP contribution in [0.4, 0.5) is 0 Å². The highest BCUT2D eigenvalue weighted by molar-refractivity contribution is 5.10. The Morgan fingerprint density at radius 1 is 1.22 bits per heavy atom. The van der Waals surface area contributed by atoms with Crippen LogP contribution < -0.4 is 5.32 Å². The van der Waals surface area contributed by atoms with Gasteiger partial charge in [-0.05, 0) is 24.6 Å². The summed E-state index contributed by atoms with van der Waals surface area (Å²) in [4.78, 5) is 4.54. The molecule has 0 aliphatic heterocycles. The number of pyridine rings is 1. The number of ether oxygens (including phenoxy) is 2. The van der Waals surface area contributed by atoms with E-state index in [1.54, 1.807) is 7.11 Å². The Kier molecular flexibility index (Phi) is 7.57. The topological polar surface area (TPSA) is 43.4 Å². The van der Waals surface area contributed by atoms with Crippen molar-refractivity contribution < 1.29 is 9.47 Å². The largest absolute Gasteiger partial charge is 0.382 e. The van der Waals surface area contributed by atoms with Crippen LogP contribution in [0.5, 0.6) is 0 Å². The van der Waals surface area contributed by atoms with E-state index in [2.05, 4.69) is 24.1 Å². The van der Waals surface area contributed by atoms with Gasteiger partial charge in [0.2, 0.25) is 0 Å². The molecule has 1 aromatic heterocycles. The summed E-state index contributed by atoms with van der Waals surface area (Å²) in [6.07, 6.45) is 0. The Bertz CT molecular complexity index is 329. The molecule has 0 spiro atoms. The number of hydrogen-bond donors (Lipinski definition) is 1. The lowest BCUT2D eigenvalue weighted by Gasteiger charge is -2.08. The van der Waals surface area contributed by atoms with Crippen molar-refractivity contribution in [2.75, 3.05) is 26.9 Å². The summed E-state index contributed by atoms with van der Waals surface area (Å²) in [5.41, 5.74) is 2.03. The first kappa shape index (κ1) is 15.1. The Labute approximate surface area is 110 Å². The third-order valence-corrected chi connectivity index (χ3v) is 2.40. The molecule has 0 atom stereocenters. The van der Waals surface area contributed by atoms with Crippen LogP contribution in [-0.2, 0) is 22.6 Å². The molecule has 0 saturated carbocycles. The number of hydrogen-bond acceptors (Lipinski definition) is 4. The maximum absolute atomic E-state index is 5.45. The van der Waals surface area contributed by atoms with E-state index in [1.807, 2.05) is 18.2 Å². The number of rotatable bonds is 9. The lowest BCUT2D eigenvalue weighted by Crippen LogP contribution is -2.19. The monoisotopic (exact) mass is 252 g/mol. The van der Waals surface area contributed by atoms with Gasteiger partial charge in [-0.15, -0.1) is 0 Å². The molecule has 0 bridgehead atoms. The quantitative estimate of drug-likeness (QED) is 0.683. The molecule has 1 N–H and O–H groups in total. The fourth-order valence-electron chi connectivity index (χ4n) is 1.52. The molecule has 4 nitrogen and oxygen atoms in total. The summed E-state index contributed by atoms with van der Waals surface area (Å²) >= 11 is 0. The molecular formula is C14H24N2O2. The van der Waals surface area contributed by atoms with Gasteiger partial charge in [0, 0.05) is 13.7 Å². The van der Waals surface area contributed by atoms with Crippen LogP contribution in [0.2, 0.25) is 0 Å². The van der Waals surface area contributed by atoms with Gasteiger partial charge in [0.05, 0.1) is 31.2 Å². The van der Waals surface area contributed by atoms with Crippen molar-refractivity contribution in [1.29, 1.82) is 0 Å². The van der Waals surface area contributed by atoms with E-state index < -0.39 is 0 Å². The smallest absolute Gasteiger partial charge is 0.0889 e. The Hall–Kier alpha value is -0.970. The molecule has 0 aromatic carbocycles. The van der Waals surface area contributed by atoms with Crippen LogP contribution in [0.3, 0.4) is 0 Å². The SMILES string of the molecule is COCCOCc1cccc(CNCC(C)C)n1. The predicted molar refractivity (Wildman–Crippen MR) is 72.3 cm³/mol. The zero-order valence-electron chi connectivity index (χ0n) is 11.6. The first-order valence-corrected chi connectivity index (χ1v) is 6.44. The van der Waals surface area contributed by atoms with E-state index in [9.17, 15) is 0 Å². The zero-order chi connectivity index (χ0) is 13.2. The van der Waals surface area contributed by atoms with Gasteiger partial charge in [-0.2, -0.15) is 0 Å². The molecule has 1 rings (SSSR count). The minimum atomic E-state index is 0.543. The third kappa shape index (κ3) is 6.69.